The van der Waals surface area contributed by atoms with Crippen LogP contribution in [0.3, 0.4) is 0 Å². The highest BCUT2D eigenvalue weighted by atomic mass is 16.2. The van der Waals surface area contributed by atoms with E-state index >= 15 is 0 Å². The monoisotopic (exact) mass is 581 g/mol. The molecule has 3 atom stereocenters. The number of carbonyl (C=O) groups is 5. The molecule has 0 aliphatic heterocycles. The van der Waals surface area contributed by atoms with Gasteiger partial charge in [0.15, 0.2) is 5.78 Å². The first-order valence-corrected chi connectivity index (χ1v) is 14.4. The summed E-state index contributed by atoms with van der Waals surface area (Å²) >= 11 is 0. The van der Waals surface area contributed by atoms with Crippen molar-refractivity contribution in [3.63, 3.8) is 0 Å². The average molecular weight is 582 g/mol. The van der Waals surface area contributed by atoms with Crippen LogP contribution in [-0.2, 0) is 24.0 Å². The second-order valence-electron chi connectivity index (χ2n) is 11.0. The number of benzene rings is 3. The van der Waals surface area contributed by atoms with Crippen molar-refractivity contribution in [3.05, 3.63) is 102 Å². The van der Waals surface area contributed by atoms with E-state index in [4.69, 9.17) is 0 Å². The van der Waals surface area contributed by atoms with Crippen LogP contribution in [0.1, 0.15) is 51.3 Å². The first-order valence-electron chi connectivity index (χ1n) is 14.4. The summed E-state index contributed by atoms with van der Waals surface area (Å²) in [6.45, 7) is 6.95. The van der Waals surface area contributed by atoms with Gasteiger partial charge in [-0.05, 0) is 40.2 Å². The average Bonchev–Trinajstić information content (AvgIpc) is 2.99. The number of ketones is 1. The summed E-state index contributed by atoms with van der Waals surface area (Å²) in [4.78, 5) is 62.8. The minimum atomic E-state index is -1.10. The minimum Gasteiger partial charge on any atom is -0.346 e. The molecular formula is C35H39N3O5. The number of amides is 4. The molecule has 0 spiro atoms. The van der Waals surface area contributed by atoms with Crippen molar-refractivity contribution in [1.82, 2.24) is 16.0 Å². The van der Waals surface area contributed by atoms with E-state index in [0.717, 1.165) is 22.3 Å². The summed E-state index contributed by atoms with van der Waals surface area (Å²) in [7, 11) is 0. The fourth-order valence-corrected chi connectivity index (χ4v) is 4.83. The molecule has 3 aromatic rings. The normalized spacial score (nSPS) is 13.3. The number of imide groups is 1. The zero-order chi connectivity index (χ0) is 31.4. The number of Topliss-reactive ketones (excluding diaryl/α,β-unsaturated/α-hetero) is 1. The Balaban J connectivity index is 1.72. The van der Waals surface area contributed by atoms with E-state index in [-0.39, 0.29) is 30.6 Å². The molecular weight excluding hydrogens is 542 g/mol. The second kappa shape index (κ2) is 16.0. The minimum absolute atomic E-state index is 0.126. The largest absolute Gasteiger partial charge is 0.346 e. The molecule has 0 fully saturated rings. The molecule has 0 radical (unpaired) electrons. The smallest absolute Gasteiger partial charge is 0.244 e. The van der Waals surface area contributed by atoms with Crippen molar-refractivity contribution in [2.45, 2.75) is 46.2 Å². The van der Waals surface area contributed by atoms with E-state index in [0.29, 0.717) is 0 Å². The molecule has 0 saturated heterocycles. The topological polar surface area (TPSA) is 121 Å². The van der Waals surface area contributed by atoms with E-state index in [1.54, 1.807) is 33.8 Å². The standard InChI is InChI=1S/C35H39N3O5/c1-23(2)32(35(43)36-22-39)34(42)33(24(3)4)38-31(41)21-29(28-13-9-6-10-14-28)37-30(40)20-17-25-15-18-27(19-16-25)26-11-7-5-8-12-26/h5-20,22-24,29,32-33H,21H2,1-4H3,(H,37,40)(H,38,41)(H,36,39,43)/b20-17+/t29-,32+,33-/m0/s1. The quantitative estimate of drug-likeness (QED) is 0.143. The number of hydrogen-bond acceptors (Lipinski definition) is 5. The Kier molecular flexibility index (Phi) is 12.1. The third-order valence-electron chi connectivity index (χ3n) is 7.10. The van der Waals surface area contributed by atoms with E-state index in [2.05, 4.69) is 16.0 Å². The highest BCUT2D eigenvalue weighted by Gasteiger charge is 2.37. The molecule has 0 bridgehead atoms. The van der Waals surface area contributed by atoms with Crippen LogP contribution in [0, 0.1) is 17.8 Å². The maximum atomic E-state index is 13.4. The molecule has 3 N–H and O–H groups in total. The summed E-state index contributed by atoms with van der Waals surface area (Å²) in [6.07, 6.45) is 3.24. The van der Waals surface area contributed by atoms with Crippen molar-refractivity contribution >= 4 is 36.0 Å². The second-order valence-corrected chi connectivity index (χ2v) is 11.0. The van der Waals surface area contributed by atoms with E-state index < -0.39 is 35.6 Å². The lowest BCUT2D eigenvalue weighted by Crippen LogP contribution is -2.51. The van der Waals surface area contributed by atoms with Gasteiger partial charge in [-0.15, -0.1) is 0 Å². The zero-order valence-corrected chi connectivity index (χ0v) is 25.0. The van der Waals surface area contributed by atoms with Crippen LogP contribution in [0.4, 0.5) is 0 Å². The van der Waals surface area contributed by atoms with Gasteiger partial charge < -0.3 is 10.6 Å². The Morgan fingerprint density at radius 3 is 1.86 bits per heavy atom. The zero-order valence-electron chi connectivity index (χ0n) is 25.0. The molecule has 43 heavy (non-hydrogen) atoms. The molecule has 0 aliphatic carbocycles. The van der Waals surface area contributed by atoms with Crippen LogP contribution >= 0.6 is 0 Å². The molecule has 224 valence electrons. The van der Waals surface area contributed by atoms with Crippen molar-refractivity contribution in [1.29, 1.82) is 0 Å². The maximum absolute atomic E-state index is 13.4. The van der Waals surface area contributed by atoms with Crippen LogP contribution in [-0.4, -0.2) is 36.0 Å². The number of hydrogen-bond donors (Lipinski definition) is 3. The molecule has 0 unspecified atom stereocenters. The predicted molar refractivity (Wildman–Crippen MR) is 167 cm³/mol. The third-order valence-corrected chi connectivity index (χ3v) is 7.10. The van der Waals surface area contributed by atoms with Gasteiger partial charge in [-0.1, -0.05) is 113 Å². The van der Waals surface area contributed by atoms with Crippen molar-refractivity contribution in [2.75, 3.05) is 0 Å². The van der Waals surface area contributed by atoms with Crippen LogP contribution in [0.25, 0.3) is 17.2 Å². The number of rotatable bonds is 14. The number of nitrogens with one attached hydrogen (secondary N) is 3. The predicted octanol–water partition coefficient (Wildman–Crippen LogP) is 4.87. The van der Waals surface area contributed by atoms with Crippen molar-refractivity contribution in [3.8, 4) is 11.1 Å². The van der Waals surface area contributed by atoms with E-state index in [1.807, 2.05) is 84.9 Å². The molecule has 3 rings (SSSR count). The lowest BCUT2D eigenvalue weighted by Gasteiger charge is -2.28. The van der Waals surface area contributed by atoms with Crippen LogP contribution in [0.2, 0.25) is 0 Å². The van der Waals surface area contributed by atoms with Crippen LogP contribution in [0.15, 0.2) is 91.0 Å². The molecule has 0 heterocycles. The van der Waals surface area contributed by atoms with Crippen LogP contribution < -0.4 is 16.0 Å². The summed E-state index contributed by atoms with van der Waals surface area (Å²) in [6, 6.07) is 25.3. The van der Waals surface area contributed by atoms with Crippen molar-refractivity contribution in [2.24, 2.45) is 17.8 Å². The summed E-state index contributed by atoms with van der Waals surface area (Å²) < 4.78 is 0. The van der Waals surface area contributed by atoms with Gasteiger partial charge in [0, 0.05) is 6.08 Å². The van der Waals surface area contributed by atoms with Gasteiger partial charge in [-0.25, -0.2) is 0 Å². The van der Waals surface area contributed by atoms with Gasteiger partial charge in [0.1, 0.15) is 5.92 Å². The van der Waals surface area contributed by atoms with Gasteiger partial charge in [-0.2, -0.15) is 0 Å². The Hall–Kier alpha value is -4.85. The first-order chi connectivity index (χ1) is 20.6. The number of carbonyl (C=O) groups excluding carboxylic acids is 5. The highest BCUT2D eigenvalue weighted by Crippen LogP contribution is 2.22. The summed E-state index contributed by atoms with van der Waals surface area (Å²) in [5.74, 6) is -3.82. The Morgan fingerprint density at radius 1 is 0.721 bits per heavy atom. The summed E-state index contributed by atoms with van der Waals surface area (Å²) in [5.41, 5.74) is 3.75. The SMILES string of the molecule is CC(C)[C@@H](C(=O)NC=O)C(=O)[C@@H](NC(=O)C[C@H](NC(=O)/C=C/c1ccc(-c2ccccc2)cc1)c1ccccc1)C(C)C. The molecule has 0 aromatic heterocycles. The summed E-state index contributed by atoms with van der Waals surface area (Å²) in [5, 5.41) is 7.73. The lowest BCUT2D eigenvalue weighted by molar-refractivity contribution is -0.140. The maximum Gasteiger partial charge on any atom is 0.244 e. The molecule has 8 heteroatoms. The Bertz CT molecular complexity index is 1420. The Morgan fingerprint density at radius 2 is 1.30 bits per heavy atom. The first kappa shape index (κ1) is 32.7. The highest BCUT2D eigenvalue weighted by molar-refractivity contribution is 6.07. The van der Waals surface area contributed by atoms with E-state index in [9.17, 15) is 24.0 Å². The molecule has 8 nitrogen and oxygen atoms in total. The van der Waals surface area contributed by atoms with Gasteiger partial charge in [0.25, 0.3) is 0 Å². The Labute approximate surface area is 253 Å². The van der Waals surface area contributed by atoms with Gasteiger partial charge in [0.05, 0.1) is 18.5 Å². The van der Waals surface area contributed by atoms with E-state index in [1.165, 1.54) is 6.08 Å². The van der Waals surface area contributed by atoms with Gasteiger partial charge in [-0.3, -0.25) is 29.3 Å². The molecule has 3 aromatic carbocycles. The van der Waals surface area contributed by atoms with Crippen molar-refractivity contribution < 1.29 is 24.0 Å². The molecule has 4 amide bonds. The van der Waals surface area contributed by atoms with Gasteiger partial charge in [0.2, 0.25) is 24.1 Å². The fraction of sp³-hybridized carbons (Fsp3) is 0.286. The lowest BCUT2D eigenvalue weighted by atomic mass is 9.83. The molecule has 0 saturated carbocycles. The van der Waals surface area contributed by atoms with Gasteiger partial charge >= 0.3 is 0 Å². The fourth-order valence-electron chi connectivity index (χ4n) is 4.83. The van der Waals surface area contributed by atoms with Crippen LogP contribution in [0.5, 0.6) is 0 Å². The third kappa shape index (κ3) is 9.60. The molecule has 0 aliphatic rings.